The predicted octanol–water partition coefficient (Wildman–Crippen LogP) is 6.50. The van der Waals surface area contributed by atoms with E-state index in [2.05, 4.69) is 9.88 Å². The van der Waals surface area contributed by atoms with Crippen LogP contribution < -0.4 is 10.2 Å². The number of piperidine rings is 1. The first kappa shape index (κ1) is 31.4. The standard InChI is InChI=1S/C29H33ClF3N3O4S/c1-40-20-6-7-24-22(17-20)26(23(30)18-34-24)25(37)8-9-28(27(38)35-39)10-13-36(14-11-28)12-3-15-41-21-5-2-4-19(16-21)29(31,32)33/h2,4-7,16-18,25,37,39H,3,8-15H2,1H3,(H,35,38). The minimum atomic E-state index is -4.36. The Kier molecular flexibility index (Phi) is 10.4. The second kappa shape index (κ2) is 13.6. The second-order valence-corrected chi connectivity index (χ2v) is 11.8. The summed E-state index contributed by atoms with van der Waals surface area (Å²) in [5.74, 6) is 0.793. The van der Waals surface area contributed by atoms with E-state index in [4.69, 9.17) is 16.3 Å². The third kappa shape index (κ3) is 7.64. The number of carbonyl (C=O) groups is 1. The van der Waals surface area contributed by atoms with Crippen LogP contribution in [0.2, 0.25) is 5.02 Å². The van der Waals surface area contributed by atoms with Crippen LogP contribution in [0.25, 0.3) is 10.9 Å². The van der Waals surface area contributed by atoms with Crippen LogP contribution in [0.15, 0.2) is 53.6 Å². The quantitative estimate of drug-likeness (QED) is 0.0986. The molecule has 1 fully saturated rings. The summed E-state index contributed by atoms with van der Waals surface area (Å²) < 4.78 is 44.2. The molecule has 3 N–H and O–H groups in total. The van der Waals surface area contributed by atoms with E-state index in [1.165, 1.54) is 30.1 Å². The number of hydroxylamine groups is 1. The summed E-state index contributed by atoms with van der Waals surface area (Å²) in [4.78, 5) is 19.9. The molecule has 0 bridgehead atoms. The number of aliphatic hydroxyl groups is 1. The van der Waals surface area contributed by atoms with Crippen molar-refractivity contribution in [1.29, 1.82) is 0 Å². The van der Waals surface area contributed by atoms with Gasteiger partial charge in [-0.2, -0.15) is 13.2 Å². The maximum Gasteiger partial charge on any atom is 0.416 e. The first-order valence-electron chi connectivity index (χ1n) is 13.3. The van der Waals surface area contributed by atoms with Gasteiger partial charge in [0.2, 0.25) is 5.91 Å². The Bertz CT molecular complexity index is 1350. The molecule has 1 saturated heterocycles. The van der Waals surface area contributed by atoms with Crippen molar-refractivity contribution in [2.45, 2.75) is 49.3 Å². The normalized spacial score (nSPS) is 16.5. The van der Waals surface area contributed by atoms with Crippen molar-refractivity contribution in [2.24, 2.45) is 5.41 Å². The Morgan fingerprint density at radius 3 is 2.68 bits per heavy atom. The Morgan fingerprint density at radius 1 is 1.24 bits per heavy atom. The van der Waals surface area contributed by atoms with E-state index in [1.54, 1.807) is 31.4 Å². The Morgan fingerprint density at radius 2 is 2.00 bits per heavy atom. The number of carbonyl (C=O) groups excluding carboxylic acids is 1. The molecule has 0 radical (unpaired) electrons. The van der Waals surface area contributed by atoms with Crippen molar-refractivity contribution in [1.82, 2.24) is 15.4 Å². The van der Waals surface area contributed by atoms with Gasteiger partial charge >= 0.3 is 6.18 Å². The van der Waals surface area contributed by atoms with Crippen molar-refractivity contribution in [3.05, 3.63) is 64.8 Å². The molecule has 12 heteroatoms. The summed E-state index contributed by atoms with van der Waals surface area (Å²) in [5, 5.41) is 21.7. The van der Waals surface area contributed by atoms with Gasteiger partial charge in [-0.25, -0.2) is 5.48 Å². The maximum absolute atomic E-state index is 13.0. The molecule has 1 amide bonds. The van der Waals surface area contributed by atoms with E-state index in [0.717, 1.165) is 19.0 Å². The van der Waals surface area contributed by atoms with Crippen LogP contribution in [0.1, 0.15) is 49.3 Å². The number of alkyl halides is 3. The van der Waals surface area contributed by atoms with Gasteiger partial charge in [0.15, 0.2) is 0 Å². The number of likely N-dealkylation sites (tertiary alicyclic amines) is 1. The molecule has 0 saturated carbocycles. The molecule has 2 heterocycles. The predicted molar refractivity (Wildman–Crippen MR) is 152 cm³/mol. The lowest BCUT2D eigenvalue weighted by molar-refractivity contribution is -0.144. The molecule has 41 heavy (non-hydrogen) atoms. The van der Waals surface area contributed by atoms with Gasteiger partial charge in [-0.1, -0.05) is 17.7 Å². The molecule has 1 aliphatic heterocycles. The van der Waals surface area contributed by atoms with E-state index >= 15 is 0 Å². The lowest BCUT2D eigenvalue weighted by Gasteiger charge is -2.40. The number of nitrogens with zero attached hydrogens (tertiary/aromatic N) is 2. The third-order valence-electron chi connectivity index (χ3n) is 7.74. The lowest BCUT2D eigenvalue weighted by Crippen LogP contribution is -2.48. The van der Waals surface area contributed by atoms with E-state index in [0.29, 0.717) is 70.2 Å². The number of aliphatic hydroxyl groups excluding tert-OH is 1. The summed E-state index contributed by atoms with van der Waals surface area (Å²) >= 11 is 7.83. The highest BCUT2D eigenvalue weighted by atomic mass is 35.5. The summed E-state index contributed by atoms with van der Waals surface area (Å²) in [6, 6.07) is 10.7. The van der Waals surface area contributed by atoms with Crippen LogP contribution in [-0.2, 0) is 11.0 Å². The first-order chi connectivity index (χ1) is 19.6. The van der Waals surface area contributed by atoms with Crippen LogP contribution >= 0.6 is 23.4 Å². The summed E-state index contributed by atoms with van der Waals surface area (Å²) in [5.41, 5.74) is 1.49. The average Bonchev–Trinajstić information content (AvgIpc) is 2.97. The molecule has 4 rings (SSSR count). The molecule has 1 aliphatic rings. The van der Waals surface area contributed by atoms with E-state index in [-0.39, 0.29) is 6.42 Å². The fourth-order valence-electron chi connectivity index (χ4n) is 5.35. The number of amides is 1. The fourth-order valence-corrected chi connectivity index (χ4v) is 6.52. The van der Waals surface area contributed by atoms with Crippen LogP contribution in [0, 0.1) is 5.41 Å². The van der Waals surface area contributed by atoms with Crippen LogP contribution in [0.3, 0.4) is 0 Å². The van der Waals surface area contributed by atoms with Gasteiger partial charge in [-0.3, -0.25) is 15.0 Å². The Balaban J connectivity index is 1.33. The topological polar surface area (TPSA) is 94.9 Å². The third-order valence-corrected chi connectivity index (χ3v) is 9.12. The number of thioether (sulfide) groups is 1. The highest BCUT2D eigenvalue weighted by molar-refractivity contribution is 7.99. The lowest BCUT2D eigenvalue weighted by atomic mass is 9.73. The molecular weight excluding hydrogens is 579 g/mol. The van der Waals surface area contributed by atoms with Crippen molar-refractivity contribution in [3.8, 4) is 5.75 Å². The number of aromatic nitrogens is 1. The van der Waals surface area contributed by atoms with Crippen LogP contribution in [0.5, 0.6) is 5.75 Å². The number of fused-ring (bicyclic) bond motifs is 1. The van der Waals surface area contributed by atoms with Gasteiger partial charge in [0.05, 0.1) is 34.7 Å². The molecule has 0 aliphatic carbocycles. The van der Waals surface area contributed by atoms with Crippen molar-refractivity contribution < 1.29 is 33.0 Å². The number of hydrogen-bond acceptors (Lipinski definition) is 7. The van der Waals surface area contributed by atoms with Gasteiger partial charge in [0, 0.05) is 22.0 Å². The van der Waals surface area contributed by atoms with Gasteiger partial charge in [0.25, 0.3) is 0 Å². The molecule has 1 unspecified atom stereocenters. The maximum atomic E-state index is 13.0. The molecule has 3 aromatic rings. The van der Waals surface area contributed by atoms with E-state index in [1.807, 2.05) is 5.48 Å². The Hall–Kier alpha value is -2.57. The molecular formula is C29H33ClF3N3O4S. The van der Waals surface area contributed by atoms with Crippen molar-refractivity contribution in [2.75, 3.05) is 32.5 Å². The number of pyridine rings is 1. The van der Waals surface area contributed by atoms with Crippen molar-refractivity contribution in [3.63, 3.8) is 0 Å². The monoisotopic (exact) mass is 611 g/mol. The highest BCUT2D eigenvalue weighted by Crippen LogP contribution is 2.41. The molecule has 0 spiro atoms. The van der Waals surface area contributed by atoms with E-state index in [9.17, 15) is 28.3 Å². The number of ether oxygens (including phenoxy) is 1. The number of nitrogens with one attached hydrogen (secondary N) is 1. The molecule has 1 atom stereocenters. The Labute approximate surface area is 246 Å². The van der Waals surface area contributed by atoms with Gasteiger partial charge < -0.3 is 14.7 Å². The van der Waals surface area contributed by atoms with Crippen LogP contribution in [-0.4, -0.2) is 58.6 Å². The number of hydrogen-bond donors (Lipinski definition) is 3. The highest BCUT2D eigenvalue weighted by Gasteiger charge is 2.41. The van der Waals surface area contributed by atoms with Gasteiger partial charge in [0.1, 0.15) is 5.75 Å². The summed E-state index contributed by atoms with van der Waals surface area (Å²) in [7, 11) is 1.55. The number of methoxy groups -OCH3 is 1. The SMILES string of the molecule is COc1ccc2ncc(Cl)c(C(O)CCC3(C(=O)NO)CCN(CCCSc4cccc(C(F)(F)F)c4)CC3)c2c1. The second-order valence-electron chi connectivity index (χ2n) is 10.2. The van der Waals surface area contributed by atoms with E-state index < -0.39 is 29.2 Å². The minimum absolute atomic E-state index is 0.247. The average molecular weight is 612 g/mol. The fraction of sp³-hybridized carbons (Fsp3) is 0.448. The zero-order chi connectivity index (χ0) is 29.6. The number of rotatable bonds is 11. The summed E-state index contributed by atoms with van der Waals surface area (Å²) in [6.07, 6.45) is -1.49. The zero-order valence-corrected chi connectivity index (χ0v) is 24.2. The molecule has 222 valence electrons. The minimum Gasteiger partial charge on any atom is -0.497 e. The number of benzene rings is 2. The van der Waals surface area contributed by atoms with Gasteiger partial charge in [-0.05, 0) is 93.9 Å². The smallest absolute Gasteiger partial charge is 0.416 e. The summed E-state index contributed by atoms with van der Waals surface area (Å²) in [6.45, 7) is 1.98. The molecule has 1 aromatic heterocycles. The number of halogens is 4. The van der Waals surface area contributed by atoms with Crippen molar-refractivity contribution >= 4 is 40.2 Å². The molecule has 7 nitrogen and oxygen atoms in total. The first-order valence-corrected chi connectivity index (χ1v) is 14.7. The van der Waals surface area contributed by atoms with Crippen LogP contribution in [0.4, 0.5) is 13.2 Å². The zero-order valence-electron chi connectivity index (χ0n) is 22.6. The van der Waals surface area contributed by atoms with Gasteiger partial charge in [-0.15, -0.1) is 11.8 Å². The largest absolute Gasteiger partial charge is 0.497 e. The molecule has 2 aromatic carbocycles.